The van der Waals surface area contributed by atoms with Gasteiger partial charge in [0.2, 0.25) is 0 Å². The quantitative estimate of drug-likeness (QED) is 0.382. The maximum absolute atomic E-state index is 10.6. The first-order valence-electron chi connectivity index (χ1n) is 16.2. The van der Waals surface area contributed by atoms with Gasteiger partial charge in [-0.05, 0) is 73.9 Å². The molecule has 0 radical (unpaired) electrons. The van der Waals surface area contributed by atoms with Crippen LogP contribution in [0.25, 0.3) is 0 Å². The molecule has 1 aliphatic carbocycles. The third-order valence-electron chi connectivity index (χ3n) is 9.47. The second kappa shape index (κ2) is 14.7. The van der Waals surface area contributed by atoms with Gasteiger partial charge in [0.1, 0.15) is 36.9 Å². The Kier molecular flexibility index (Phi) is 11.0. The van der Waals surface area contributed by atoms with E-state index in [1.807, 2.05) is 0 Å². The van der Waals surface area contributed by atoms with Crippen molar-refractivity contribution in [3.63, 3.8) is 0 Å². The lowest BCUT2D eigenvalue weighted by atomic mass is 9.71. The Morgan fingerprint density at radius 2 is 1.00 bits per heavy atom. The molecule has 0 amide bonds. The van der Waals surface area contributed by atoms with Gasteiger partial charge in [0.15, 0.2) is 0 Å². The number of aliphatic hydroxyl groups excluding tert-OH is 2. The van der Waals surface area contributed by atoms with Crippen LogP contribution in [-0.2, 0) is 14.9 Å². The molecule has 2 saturated heterocycles. The minimum Gasteiger partial charge on any atom is -0.490 e. The van der Waals surface area contributed by atoms with E-state index < -0.39 is 12.2 Å². The van der Waals surface area contributed by atoms with E-state index in [-0.39, 0.29) is 18.6 Å². The van der Waals surface area contributed by atoms with E-state index in [1.165, 1.54) is 24.0 Å². The van der Waals surface area contributed by atoms with E-state index in [1.54, 1.807) is 0 Å². The average molecular weight is 597 g/mol. The van der Waals surface area contributed by atoms with Crippen LogP contribution < -0.4 is 9.47 Å². The first kappa shape index (κ1) is 32.2. The maximum Gasteiger partial charge on any atom is 0.125 e. The molecule has 3 fully saturated rings. The van der Waals surface area contributed by atoms with Gasteiger partial charge in [-0.15, -0.1) is 0 Å². The number of rotatable bonds is 12. The Bertz CT molecular complexity index is 1070. The number of aryl methyl sites for hydroxylation is 4. The minimum atomic E-state index is -0.537. The highest BCUT2D eigenvalue weighted by Crippen LogP contribution is 2.49. The molecule has 0 aromatic heterocycles. The van der Waals surface area contributed by atoms with Crippen LogP contribution in [0.2, 0.25) is 0 Å². The van der Waals surface area contributed by atoms with Crippen molar-refractivity contribution in [1.82, 2.24) is 9.80 Å². The van der Waals surface area contributed by atoms with Gasteiger partial charge in [-0.1, -0.05) is 37.1 Å². The van der Waals surface area contributed by atoms with Crippen molar-refractivity contribution < 1.29 is 29.2 Å². The van der Waals surface area contributed by atoms with Crippen LogP contribution in [0.15, 0.2) is 24.3 Å². The predicted octanol–water partition coefficient (Wildman–Crippen LogP) is 3.92. The molecule has 8 nitrogen and oxygen atoms in total. The van der Waals surface area contributed by atoms with Crippen molar-refractivity contribution in [2.75, 3.05) is 78.9 Å². The molecule has 8 heteroatoms. The van der Waals surface area contributed by atoms with Crippen LogP contribution in [0.4, 0.5) is 0 Å². The molecule has 0 bridgehead atoms. The second-order valence-electron chi connectivity index (χ2n) is 12.9. The second-order valence-corrected chi connectivity index (χ2v) is 12.9. The molecule has 43 heavy (non-hydrogen) atoms. The van der Waals surface area contributed by atoms with Crippen LogP contribution in [0.1, 0.15) is 59.1 Å². The Morgan fingerprint density at radius 1 is 0.651 bits per heavy atom. The molecular weight excluding hydrogens is 544 g/mol. The Balaban J connectivity index is 1.28. The Morgan fingerprint density at radius 3 is 1.35 bits per heavy atom. The van der Waals surface area contributed by atoms with Crippen LogP contribution in [-0.4, -0.2) is 111 Å². The number of nitrogens with zero attached hydrogens (tertiary/aromatic N) is 2. The van der Waals surface area contributed by atoms with Gasteiger partial charge in [-0.3, -0.25) is 9.80 Å². The van der Waals surface area contributed by atoms with Crippen molar-refractivity contribution in [3.8, 4) is 11.5 Å². The van der Waals surface area contributed by atoms with E-state index in [2.05, 4.69) is 61.8 Å². The summed E-state index contributed by atoms with van der Waals surface area (Å²) in [5.41, 5.74) is 7.09. The predicted molar refractivity (Wildman–Crippen MR) is 169 cm³/mol. The molecule has 2 aromatic carbocycles. The number of hydrogen-bond acceptors (Lipinski definition) is 8. The van der Waals surface area contributed by atoms with Gasteiger partial charge in [0, 0.05) is 44.7 Å². The first-order chi connectivity index (χ1) is 20.7. The molecule has 2 atom stereocenters. The molecule has 5 rings (SSSR count). The van der Waals surface area contributed by atoms with Crippen LogP contribution >= 0.6 is 0 Å². The summed E-state index contributed by atoms with van der Waals surface area (Å²) in [6.45, 7) is 16.6. The number of hydrogen-bond donors (Lipinski definition) is 2. The summed E-state index contributed by atoms with van der Waals surface area (Å²) in [5.74, 6) is 1.76. The third-order valence-corrected chi connectivity index (χ3v) is 9.47. The number of morpholine rings is 2. The number of aliphatic hydroxyl groups is 2. The van der Waals surface area contributed by atoms with Gasteiger partial charge >= 0.3 is 0 Å². The monoisotopic (exact) mass is 596 g/mol. The minimum absolute atomic E-state index is 0.0478. The molecule has 2 aromatic rings. The van der Waals surface area contributed by atoms with Crippen LogP contribution in [0, 0.1) is 27.7 Å². The fourth-order valence-corrected chi connectivity index (χ4v) is 7.26. The molecule has 238 valence electrons. The smallest absolute Gasteiger partial charge is 0.125 e. The Labute approximate surface area is 257 Å². The van der Waals surface area contributed by atoms with E-state index in [0.29, 0.717) is 13.1 Å². The topological polar surface area (TPSA) is 83.9 Å². The van der Waals surface area contributed by atoms with Gasteiger partial charge in [-0.2, -0.15) is 0 Å². The summed E-state index contributed by atoms with van der Waals surface area (Å²) < 4.78 is 23.3. The normalized spacial score (nSPS) is 21.1. The lowest BCUT2D eigenvalue weighted by Crippen LogP contribution is -2.42. The SMILES string of the molecule is Cc1cc(C2(c3cc(C)c(OCC(O)CN4CCOCC4)c(C)c3)CCCC2)cc(C)c1OCC(O)CN1CCOCC1. The number of ether oxygens (including phenoxy) is 4. The average Bonchev–Trinajstić information content (AvgIpc) is 3.49. The summed E-state index contributed by atoms with van der Waals surface area (Å²) in [6.07, 6.45) is 3.56. The molecule has 2 unspecified atom stereocenters. The zero-order valence-corrected chi connectivity index (χ0v) is 26.7. The van der Waals surface area contributed by atoms with Crippen LogP contribution in [0.3, 0.4) is 0 Å². The first-order valence-corrected chi connectivity index (χ1v) is 16.2. The van der Waals surface area contributed by atoms with Crippen molar-refractivity contribution in [2.45, 2.75) is 71.0 Å². The zero-order valence-electron chi connectivity index (χ0n) is 26.7. The summed E-state index contributed by atoms with van der Waals surface area (Å²) in [4.78, 5) is 4.47. The third kappa shape index (κ3) is 7.91. The van der Waals surface area contributed by atoms with E-state index in [9.17, 15) is 10.2 Å². The Hall–Kier alpha value is -2.20. The highest BCUT2D eigenvalue weighted by Gasteiger charge is 2.38. The summed E-state index contributed by atoms with van der Waals surface area (Å²) in [5, 5.41) is 21.3. The summed E-state index contributed by atoms with van der Waals surface area (Å²) in [6, 6.07) is 9.22. The van der Waals surface area contributed by atoms with Gasteiger partial charge in [0.05, 0.1) is 26.4 Å². The molecule has 2 N–H and O–H groups in total. The molecule has 0 spiro atoms. The lowest BCUT2D eigenvalue weighted by Gasteiger charge is -2.33. The van der Waals surface area contributed by atoms with Crippen molar-refractivity contribution in [2.24, 2.45) is 0 Å². The molecule has 1 saturated carbocycles. The van der Waals surface area contributed by atoms with Gasteiger partial charge in [0.25, 0.3) is 0 Å². The summed E-state index contributed by atoms with van der Waals surface area (Å²) >= 11 is 0. The molecular formula is C35H52N2O6. The standard InChI is InChI=1S/C35H52N2O6/c1-25-17-29(18-26(2)33(25)42-23-31(38)21-36-9-13-40-14-10-36)35(7-5-6-8-35)30-19-27(3)34(28(4)20-30)43-24-32(39)22-37-11-15-41-16-12-37/h17-20,31-32,38-39H,5-16,21-24H2,1-4H3. The van der Waals surface area contributed by atoms with Crippen molar-refractivity contribution in [1.29, 1.82) is 0 Å². The fraction of sp³-hybridized carbons (Fsp3) is 0.657. The zero-order chi connectivity index (χ0) is 30.4. The highest BCUT2D eigenvalue weighted by atomic mass is 16.5. The lowest BCUT2D eigenvalue weighted by molar-refractivity contribution is 0.00440. The van der Waals surface area contributed by atoms with E-state index in [4.69, 9.17) is 18.9 Å². The molecule has 2 aliphatic heterocycles. The maximum atomic E-state index is 10.6. The fourth-order valence-electron chi connectivity index (χ4n) is 7.26. The highest BCUT2D eigenvalue weighted by molar-refractivity contribution is 5.53. The van der Waals surface area contributed by atoms with E-state index in [0.717, 1.165) is 99.2 Å². The molecule has 3 aliphatic rings. The van der Waals surface area contributed by atoms with Gasteiger partial charge in [-0.25, -0.2) is 0 Å². The molecule has 2 heterocycles. The van der Waals surface area contributed by atoms with Crippen molar-refractivity contribution >= 4 is 0 Å². The number of benzene rings is 2. The van der Waals surface area contributed by atoms with Gasteiger partial charge < -0.3 is 29.2 Å². The van der Waals surface area contributed by atoms with E-state index >= 15 is 0 Å². The largest absolute Gasteiger partial charge is 0.490 e. The summed E-state index contributed by atoms with van der Waals surface area (Å²) in [7, 11) is 0. The van der Waals surface area contributed by atoms with Crippen molar-refractivity contribution in [3.05, 3.63) is 57.6 Å². The number of β-amino-alcohol motifs (C(OH)–C–C–N with tert-alkyl or cyclic N) is 2. The van der Waals surface area contributed by atoms with Crippen LogP contribution in [0.5, 0.6) is 11.5 Å².